The lowest BCUT2D eigenvalue weighted by atomic mass is 10.1. The molecule has 0 aliphatic carbocycles. The minimum atomic E-state index is -0.173. The van der Waals surface area contributed by atoms with Gasteiger partial charge in [0.1, 0.15) is 11.3 Å². The topological polar surface area (TPSA) is 64.4 Å². The first-order chi connectivity index (χ1) is 11.2. The van der Waals surface area contributed by atoms with Gasteiger partial charge in [0.05, 0.1) is 24.3 Å². The second-order valence-electron chi connectivity index (χ2n) is 5.22. The first-order valence-corrected chi connectivity index (χ1v) is 7.54. The average molecular weight is 310 g/mol. The molecule has 23 heavy (non-hydrogen) atoms. The Kier molecular flexibility index (Phi) is 4.28. The van der Waals surface area contributed by atoms with E-state index in [4.69, 9.17) is 9.15 Å². The summed E-state index contributed by atoms with van der Waals surface area (Å²) >= 11 is 0. The number of pyridine rings is 1. The maximum absolute atomic E-state index is 12.5. The minimum Gasteiger partial charge on any atom is -0.493 e. The largest absolute Gasteiger partial charge is 0.493 e. The van der Waals surface area contributed by atoms with E-state index in [9.17, 15) is 4.79 Å². The van der Waals surface area contributed by atoms with Crippen LogP contribution in [-0.4, -0.2) is 17.5 Å². The van der Waals surface area contributed by atoms with Crippen molar-refractivity contribution >= 4 is 16.9 Å². The van der Waals surface area contributed by atoms with E-state index in [1.165, 1.54) is 0 Å². The first-order valence-electron chi connectivity index (χ1n) is 7.54. The third kappa shape index (κ3) is 3.18. The van der Waals surface area contributed by atoms with Crippen molar-refractivity contribution in [3.63, 3.8) is 0 Å². The molecule has 0 saturated carbocycles. The van der Waals surface area contributed by atoms with Gasteiger partial charge in [-0.25, -0.2) is 0 Å². The number of amides is 1. The SMILES string of the molecule is CCOc1cc(C(=O)NC(C)c2ccncc2)cc2occc12. The highest BCUT2D eigenvalue weighted by atomic mass is 16.5. The zero-order valence-corrected chi connectivity index (χ0v) is 13.1. The minimum absolute atomic E-state index is 0.117. The van der Waals surface area contributed by atoms with E-state index in [2.05, 4.69) is 10.3 Å². The van der Waals surface area contributed by atoms with Crippen LogP contribution in [0.1, 0.15) is 35.8 Å². The fourth-order valence-corrected chi connectivity index (χ4v) is 2.46. The van der Waals surface area contributed by atoms with Gasteiger partial charge >= 0.3 is 0 Å². The molecule has 1 N–H and O–H groups in total. The summed E-state index contributed by atoms with van der Waals surface area (Å²) in [6.45, 7) is 4.37. The summed E-state index contributed by atoms with van der Waals surface area (Å²) in [7, 11) is 0. The number of carbonyl (C=O) groups excluding carboxylic acids is 1. The van der Waals surface area contributed by atoms with Crippen molar-refractivity contribution in [3.8, 4) is 5.75 Å². The van der Waals surface area contributed by atoms with Gasteiger partial charge in [-0.05, 0) is 49.7 Å². The molecule has 0 aliphatic heterocycles. The summed E-state index contributed by atoms with van der Waals surface area (Å²) in [4.78, 5) is 16.5. The van der Waals surface area contributed by atoms with E-state index in [-0.39, 0.29) is 11.9 Å². The molecule has 5 nitrogen and oxygen atoms in total. The summed E-state index contributed by atoms with van der Waals surface area (Å²) in [5.41, 5.74) is 2.15. The van der Waals surface area contributed by atoms with Gasteiger partial charge in [0.25, 0.3) is 5.91 Å². The lowest BCUT2D eigenvalue weighted by molar-refractivity contribution is 0.0939. The zero-order chi connectivity index (χ0) is 16.2. The van der Waals surface area contributed by atoms with Crippen molar-refractivity contribution in [3.05, 3.63) is 60.1 Å². The van der Waals surface area contributed by atoms with Crippen LogP contribution in [0.2, 0.25) is 0 Å². The van der Waals surface area contributed by atoms with Crippen LogP contribution in [0.5, 0.6) is 5.75 Å². The molecule has 0 fully saturated rings. The summed E-state index contributed by atoms with van der Waals surface area (Å²) in [6, 6.07) is 8.95. The molecule has 118 valence electrons. The van der Waals surface area contributed by atoms with Crippen molar-refractivity contribution in [2.24, 2.45) is 0 Å². The molecule has 5 heteroatoms. The van der Waals surface area contributed by atoms with Crippen molar-refractivity contribution in [1.29, 1.82) is 0 Å². The second-order valence-corrected chi connectivity index (χ2v) is 5.22. The maximum Gasteiger partial charge on any atom is 0.252 e. The summed E-state index contributed by atoms with van der Waals surface area (Å²) in [6.07, 6.45) is 5.01. The molecule has 0 bridgehead atoms. The van der Waals surface area contributed by atoms with Crippen molar-refractivity contribution < 1.29 is 13.9 Å². The quantitative estimate of drug-likeness (QED) is 0.780. The van der Waals surface area contributed by atoms with Gasteiger partial charge in [0.2, 0.25) is 0 Å². The Morgan fingerprint density at radius 1 is 1.30 bits per heavy atom. The third-order valence-electron chi connectivity index (χ3n) is 3.65. The van der Waals surface area contributed by atoms with Crippen LogP contribution < -0.4 is 10.1 Å². The van der Waals surface area contributed by atoms with Crippen molar-refractivity contribution in [2.75, 3.05) is 6.61 Å². The molecule has 1 atom stereocenters. The number of ether oxygens (including phenoxy) is 1. The number of benzene rings is 1. The Morgan fingerprint density at radius 3 is 2.83 bits per heavy atom. The van der Waals surface area contributed by atoms with E-state index in [0.717, 1.165) is 10.9 Å². The predicted octanol–water partition coefficient (Wildman–Crippen LogP) is 3.72. The van der Waals surface area contributed by atoms with E-state index < -0.39 is 0 Å². The van der Waals surface area contributed by atoms with Crippen LogP contribution >= 0.6 is 0 Å². The summed E-state index contributed by atoms with van der Waals surface area (Å²) < 4.78 is 11.0. The Hall–Kier alpha value is -2.82. The van der Waals surface area contributed by atoms with Crippen LogP contribution in [-0.2, 0) is 0 Å². The Bertz CT molecular complexity index is 812. The van der Waals surface area contributed by atoms with Gasteiger partial charge in [0.15, 0.2) is 0 Å². The molecule has 3 aromatic rings. The van der Waals surface area contributed by atoms with Crippen molar-refractivity contribution in [1.82, 2.24) is 10.3 Å². The molecular weight excluding hydrogens is 292 g/mol. The monoisotopic (exact) mass is 310 g/mol. The highest BCUT2D eigenvalue weighted by Crippen LogP contribution is 2.29. The lowest BCUT2D eigenvalue weighted by Crippen LogP contribution is -2.26. The Morgan fingerprint density at radius 2 is 2.09 bits per heavy atom. The standard InChI is InChI=1S/C18H18N2O3/c1-3-22-16-10-14(11-17-15(16)6-9-23-17)18(21)20-12(2)13-4-7-19-8-5-13/h4-12H,3H2,1-2H3,(H,20,21). The Labute approximate surface area is 134 Å². The number of fused-ring (bicyclic) bond motifs is 1. The smallest absolute Gasteiger partial charge is 0.252 e. The number of aromatic nitrogens is 1. The third-order valence-corrected chi connectivity index (χ3v) is 3.65. The predicted molar refractivity (Wildman–Crippen MR) is 87.5 cm³/mol. The number of carbonyl (C=O) groups is 1. The van der Waals surface area contributed by atoms with Crippen LogP contribution in [0, 0.1) is 0 Å². The zero-order valence-electron chi connectivity index (χ0n) is 13.1. The van der Waals surface area contributed by atoms with E-state index in [0.29, 0.717) is 23.5 Å². The maximum atomic E-state index is 12.5. The molecule has 1 amide bonds. The molecule has 1 unspecified atom stereocenters. The van der Waals surface area contributed by atoms with Crippen LogP contribution in [0.15, 0.2) is 53.4 Å². The summed E-state index contributed by atoms with van der Waals surface area (Å²) in [5.74, 6) is 0.481. The molecule has 1 aromatic carbocycles. The summed E-state index contributed by atoms with van der Waals surface area (Å²) in [5, 5.41) is 3.84. The number of hydrogen-bond acceptors (Lipinski definition) is 4. The molecule has 2 aromatic heterocycles. The van der Waals surface area contributed by atoms with Gasteiger partial charge in [0, 0.05) is 18.0 Å². The Balaban J connectivity index is 1.86. The van der Waals surface area contributed by atoms with E-state index in [1.807, 2.05) is 32.0 Å². The number of hydrogen-bond donors (Lipinski definition) is 1. The molecule has 0 aliphatic rings. The van der Waals surface area contributed by atoms with E-state index >= 15 is 0 Å². The van der Waals surface area contributed by atoms with Gasteiger partial charge in [-0.2, -0.15) is 0 Å². The average Bonchev–Trinajstić information content (AvgIpc) is 3.04. The number of rotatable bonds is 5. The van der Waals surface area contributed by atoms with Gasteiger partial charge in [-0.3, -0.25) is 9.78 Å². The molecule has 2 heterocycles. The molecule has 3 rings (SSSR count). The van der Waals surface area contributed by atoms with Crippen LogP contribution in [0.25, 0.3) is 11.0 Å². The van der Waals surface area contributed by atoms with Crippen molar-refractivity contribution in [2.45, 2.75) is 19.9 Å². The normalized spacial score (nSPS) is 12.1. The van der Waals surface area contributed by atoms with Gasteiger partial charge < -0.3 is 14.5 Å². The number of nitrogens with zero attached hydrogens (tertiary/aromatic N) is 1. The molecule has 0 saturated heterocycles. The first kappa shape index (κ1) is 15.1. The fraction of sp³-hybridized carbons (Fsp3) is 0.222. The van der Waals surface area contributed by atoms with Crippen LogP contribution in [0.4, 0.5) is 0 Å². The highest BCUT2D eigenvalue weighted by molar-refractivity contribution is 5.99. The molecular formula is C18H18N2O3. The number of furan rings is 1. The van der Waals surface area contributed by atoms with Gasteiger partial charge in [-0.1, -0.05) is 0 Å². The van der Waals surface area contributed by atoms with Crippen LogP contribution in [0.3, 0.4) is 0 Å². The van der Waals surface area contributed by atoms with E-state index in [1.54, 1.807) is 30.8 Å². The van der Waals surface area contributed by atoms with Gasteiger partial charge in [-0.15, -0.1) is 0 Å². The molecule has 0 spiro atoms. The lowest BCUT2D eigenvalue weighted by Gasteiger charge is -2.15. The number of nitrogens with one attached hydrogen (secondary N) is 1. The highest BCUT2D eigenvalue weighted by Gasteiger charge is 2.15. The second kappa shape index (κ2) is 6.52. The molecule has 0 radical (unpaired) electrons. The fourth-order valence-electron chi connectivity index (χ4n) is 2.46.